The number of carboxylic acid groups (broad SMARTS) is 2. The van der Waals surface area contributed by atoms with Gasteiger partial charge in [0.05, 0.1) is 24.8 Å². The number of benzene rings is 3. The van der Waals surface area contributed by atoms with Crippen molar-refractivity contribution in [3.8, 4) is 11.1 Å². The van der Waals surface area contributed by atoms with Crippen LogP contribution in [0.3, 0.4) is 0 Å². The molecule has 15 nitrogen and oxygen atoms in total. The summed E-state index contributed by atoms with van der Waals surface area (Å²) in [6.45, 7) is 0.205. The van der Waals surface area contributed by atoms with Gasteiger partial charge >= 0.3 is 11.9 Å². The lowest BCUT2D eigenvalue weighted by atomic mass is 9.84. The third-order valence-electron chi connectivity index (χ3n) is 8.59. The van der Waals surface area contributed by atoms with Gasteiger partial charge in [-0.2, -0.15) is 0 Å². The number of aliphatic hydroxyl groups excluding tert-OH is 3. The Kier molecular flexibility index (Phi) is 14.0. The Morgan fingerprint density at radius 2 is 1.37 bits per heavy atom. The molecule has 1 fully saturated rings. The van der Waals surface area contributed by atoms with Crippen molar-refractivity contribution in [1.29, 1.82) is 0 Å². The first kappa shape index (κ1) is 39.6. The van der Waals surface area contributed by atoms with Gasteiger partial charge in [0.25, 0.3) is 17.6 Å². The van der Waals surface area contributed by atoms with E-state index in [0.717, 1.165) is 18.1 Å². The Bertz CT molecular complexity index is 1670. The Labute approximate surface area is 299 Å². The number of hydrogen-bond acceptors (Lipinski definition) is 10. The first-order valence-corrected chi connectivity index (χ1v) is 16.7. The zero-order valence-corrected chi connectivity index (χ0v) is 28.4. The van der Waals surface area contributed by atoms with Crippen molar-refractivity contribution < 1.29 is 59.0 Å². The van der Waals surface area contributed by atoms with Crippen LogP contribution in [0.25, 0.3) is 11.1 Å². The van der Waals surface area contributed by atoms with Crippen molar-refractivity contribution in [2.45, 2.75) is 74.9 Å². The van der Waals surface area contributed by atoms with Crippen LogP contribution in [0.5, 0.6) is 0 Å². The molecular weight excluding hydrogens is 678 g/mol. The number of carbonyl (C=O) groups is 5. The van der Waals surface area contributed by atoms with Crippen LogP contribution in [0.2, 0.25) is 0 Å². The standard InChI is InChI=1S/C37H43N3O12/c1-22(41)39-29-30(40-35(48)25-13-7-3-8-14-25)33(46)37(36(49)50,51-20-10-4-9-15-28(43)44)52-32(29)31(45)27(42)21-38-34(47)26-18-16-24(17-19-26)23-11-5-2-6-12-23/h2-3,5-8,11-14,16-19,27,29-33,42,45-46H,4,9-10,15,20-21H2,1H3,(H,38,47)(H,39,41)(H,40,48)(H,43,44)(H,49,50)/t27-,29-,30-,31-,32-,33+,37-/m1/s1. The van der Waals surface area contributed by atoms with Gasteiger partial charge < -0.3 is 51.0 Å². The van der Waals surface area contributed by atoms with Crippen LogP contribution in [0.15, 0.2) is 84.9 Å². The summed E-state index contributed by atoms with van der Waals surface area (Å²) in [5, 5.41) is 61.0. The monoisotopic (exact) mass is 721 g/mol. The van der Waals surface area contributed by atoms with E-state index in [2.05, 4.69) is 16.0 Å². The van der Waals surface area contributed by atoms with E-state index in [1.807, 2.05) is 30.3 Å². The normalized spacial score (nSPS) is 22.4. The van der Waals surface area contributed by atoms with Crippen LogP contribution in [0, 0.1) is 0 Å². The van der Waals surface area contributed by atoms with E-state index in [4.69, 9.17) is 14.6 Å². The summed E-state index contributed by atoms with van der Waals surface area (Å²) >= 11 is 0. The van der Waals surface area contributed by atoms with Crippen molar-refractivity contribution in [3.05, 3.63) is 96.1 Å². The minimum Gasteiger partial charge on any atom is -0.481 e. The molecule has 0 saturated carbocycles. The summed E-state index contributed by atoms with van der Waals surface area (Å²) in [6, 6.07) is 20.7. The van der Waals surface area contributed by atoms with Gasteiger partial charge in [0.2, 0.25) is 5.91 Å². The van der Waals surface area contributed by atoms with Crippen LogP contribution >= 0.6 is 0 Å². The van der Waals surface area contributed by atoms with E-state index in [1.54, 1.807) is 42.5 Å². The molecule has 0 aliphatic carbocycles. The average molecular weight is 722 g/mol. The molecule has 0 aromatic heterocycles. The average Bonchev–Trinajstić information content (AvgIpc) is 3.14. The second kappa shape index (κ2) is 18.3. The number of aliphatic carboxylic acids is 2. The number of rotatable bonds is 17. The predicted molar refractivity (Wildman–Crippen MR) is 185 cm³/mol. The molecule has 0 bridgehead atoms. The molecule has 8 N–H and O–H groups in total. The Morgan fingerprint density at radius 1 is 0.769 bits per heavy atom. The molecule has 0 unspecified atom stereocenters. The third-order valence-corrected chi connectivity index (χ3v) is 8.59. The highest BCUT2D eigenvalue weighted by molar-refractivity contribution is 5.95. The number of carbonyl (C=O) groups excluding carboxylic acids is 3. The zero-order chi connectivity index (χ0) is 37.8. The maximum absolute atomic E-state index is 13.3. The van der Waals surface area contributed by atoms with Crippen LogP contribution in [-0.2, 0) is 23.9 Å². The Balaban J connectivity index is 1.58. The quantitative estimate of drug-likeness (QED) is 0.0921. The molecule has 52 heavy (non-hydrogen) atoms. The maximum Gasteiger partial charge on any atom is 0.367 e. The Morgan fingerprint density at radius 3 is 1.96 bits per heavy atom. The topological polar surface area (TPSA) is 241 Å². The van der Waals surface area contributed by atoms with Gasteiger partial charge in [0.15, 0.2) is 0 Å². The fraction of sp³-hybridized carbons (Fsp3) is 0.378. The van der Waals surface area contributed by atoms with Gasteiger partial charge in [-0.15, -0.1) is 0 Å². The Hall–Kier alpha value is -5.19. The SMILES string of the molecule is CC(=O)N[C@@H]1[C@@H](NC(=O)c2ccccc2)[C@H](O)[C@](OCCCCCC(=O)O)(C(=O)O)O[C@H]1[C@H](O)[C@H](O)CNC(=O)c1ccc(-c2ccccc2)cc1. The molecule has 3 amide bonds. The number of unbranched alkanes of at least 4 members (excludes halogenated alkanes) is 2. The van der Waals surface area contributed by atoms with Gasteiger partial charge in [-0.25, -0.2) is 4.79 Å². The van der Waals surface area contributed by atoms with Crippen LogP contribution in [-0.4, -0.2) is 111 Å². The van der Waals surface area contributed by atoms with Crippen LogP contribution in [0.1, 0.15) is 53.3 Å². The second-order valence-electron chi connectivity index (χ2n) is 12.4. The molecule has 3 aromatic rings. The number of hydrogen-bond donors (Lipinski definition) is 8. The zero-order valence-electron chi connectivity index (χ0n) is 28.4. The molecule has 4 rings (SSSR count). The molecule has 0 radical (unpaired) electrons. The van der Waals surface area contributed by atoms with E-state index in [0.29, 0.717) is 6.42 Å². The highest BCUT2D eigenvalue weighted by atomic mass is 16.7. The van der Waals surface area contributed by atoms with Crippen molar-refractivity contribution >= 4 is 29.7 Å². The summed E-state index contributed by atoms with van der Waals surface area (Å²) in [5.74, 6) is -7.86. The first-order valence-electron chi connectivity index (χ1n) is 16.7. The van der Waals surface area contributed by atoms with Crippen molar-refractivity contribution in [2.75, 3.05) is 13.2 Å². The van der Waals surface area contributed by atoms with Crippen LogP contribution in [0.4, 0.5) is 0 Å². The first-order chi connectivity index (χ1) is 24.8. The summed E-state index contributed by atoms with van der Waals surface area (Å²) in [7, 11) is 0. The smallest absolute Gasteiger partial charge is 0.367 e. The van der Waals surface area contributed by atoms with E-state index in [1.165, 1.54) is 12.1 Å². The molecule has 0 spiro atoms. The van der Waals surface area contributed by atoms with Crippen molar-refractivity contribution in [3.63, 3.8) is 0 Å². The maximum atomic E-state index is 13.3. The molecule has 7 atom stereocenters. The summed E-state index contributed by atoms with van der Waals surface area (Å²) in [6.07, 6.45) is -7.27. The number of carboxylic acids is 2. The summed E-state index contributed by atoms with van der Waals surface area (Å²) in [5.41, 5.74) is 2.18. The van der Waals surface area contributed by atoms with Crippen molar-refractivity contribution in [2.24, 2.45) is 0 Å². The highest BCUT2D eigenvalue weighted by Crippen LogP contribution is 2.35. The fourth-order valence-electron chi connectivity index (χ4n) is 5.88. The number of nitrogens with one attached hydrogen (secondary N) is 3. The van der Waals surface area contributed by atoms with E-state index >= 15 is 0 Å². The summed E-state index contributed by atoms with van der Waals surface area (Å²) < 4.78 is 11.4. The minimum atomic E-state index is -2.94. The molecule has 3 aromatic carbocycles. The van der Waals surface area contributed by atoms with Gasteiger partial charge in [0.1, 0.15) is 18.3 Å². The van der Waals surface area contributed by atoms with Gasteiger partial charge in [-0.3, -0.25) is 19.2 Å². The lowest BCUT2D eigenvalue weighted by Gasteiger charge is -2.50. The lowest BCUT2D eigenvalue weighted by Crippen LogP contribution is -2.77. The fourth-order valence-corrected chi connectivity index (χ4v) is 5.88. The molecule has 1 aliphatic heterocycles. The van der Waals surface area contributed by atoms with E-state index in [-0.39, 0.29) is 37.0 Å². The van der Waals surface area contributed by atoms with Crippen LogP contribution < -0.4 is 16.0 Å². The number of ether oxygens (including phenoxy) is 2. The third kappa shape index (κ3) is 9.98. The van der Waals surface area contributed by atoms with Crippen molar-refractivity contribution in [1.82, 2.24) is 16.0 Å². The second-order valence-corrected chi connectivity index (χ2v) is 12.4. The summed E-state index contributed by atoms with van der Waals surface area (Å²) in [4.78, 5) is 62.4. The molecule has 1 heterocycles. The van der Waals surface area contributed by atoms with Gasteiger partial charge in [-0.1, -0.05) is 67.1 Å². The molecule has 15 heteroatoms. The van der Waals surface area contributed by atoms with Gasteiger partial charge in [-0.05, 0) is 48.2 Å². The van der Waals surface area contributed by atoms with Gasteiger partial charge in [0, 0.05) is 31.0 Å². The largest absolute Gasteiger partial charge is 0.481 e. The van der Waals surface area contributed by atoms with E-state index in [9.17, 15) is 44.4 Å². The molecule has 1 aliphatic rings. The minimum absolute atomic E-state index is 0.125. The molecular formula is C37H43N3O12. The molecule has 1 saturated heterocycles. The highest BCUT2D eigenvalue weighted by Gasteiger charge is 2.62. The number of amides is 3. The number of aliphatic hydroxyl groups is 3. The lowest BCUT2D eigenvalue weighted by molar-refractivity contribution is -0.333. The molecule has 278 valence electrons. The predicted octanol–water partition coefficient (Wildman–Crippen LogP) is 1.31. The van der Waals surface area contributed by atoms with E-state index < -0.39 is 78.5 Å².